The average Bonchev–Trinajstić information content (AvgIpc) is 2.29. The number of rotatable bonds is 6. The molecule has 1 saturated heterocycles. The van der Waals surface area contributed by atoms with Crippen LogP contribution in [0.25, 0.3) is 0 Å². The molecular formula is C11H19N3O4. The molecule has 0 aromatic rings. The number of nitrogens with zero attached hydrogens (tertiary/aromatic N) is 2. The number of nitrogens with one attached hydrogen (secondary N) is 1. The van der Waals surface area contributed by atoms with E-state index in [1.807, 2.05) is 19.0 Å². The molecule has 102 valence electrons. The summed E-state index contributed by atoms with van der Waals surface area (Å²) in [6.07, 6.45) is 0. The Balaban J connectivity index is 2.35. The van der Waals surface area contributed by atoms with Crippen LogP contribution in [-0.2, 0) is 14.3 Å². The van der Waals surface area contributed by atoms with Crippen molar-refractivity contribution in [1.29, 1.82) is 0 Å². The second kappa shape index (κ2) is 6.46. The molecule has 0 radical (unpaired) electrons. The number of ether oxygens (including phenoxy) is 1. The summed E-state index contributed by atoms with van der Waals surface area (Å²) in [4.78, 5) is 37.3. The van der Waals surface area contributed by atoms with Crippen LogP contribution >= 0.6 is 0 Å². The van der Waals surface area contributed by atoms with Crippen molar-refractivity contribution in [2.45, 2.75) is 6.92 Å². The Kier molecular flexibility index (Phi) is 5.24. The zero-order chi connectivity index (χ0) is 13.7. The van der Waals surface area contributed by atoms with E-state index >= 15 is 0 Å². The van der Waals surface area contributed by atoms with Gasteiger partial charge in [-0.3, -0.25) is 19.8 Å². The van der Waals surface area contributed by atoms with E-state index in [2.05, 4.69) is 5.32 Å². The zero-order valence-corrected chi connectivity index (χ0v) is 10.9. The van der Waals surface area contributed by atoms with E-state index in [-0.39, 0.29) is 13.2 Å². The fourth-order valence-electron chi connectivity index (χ4n) is 1.44. The normalized spacial score (nSPS) is 20.6. The topological polar surface area (TPSA) is 79.0 Å². The maximum Gasteiger partial charge on any atom is 0.330 e. The van der Waals surface area contributed by atoms with E-state index < -0.39 is 23.8 Å². The summed E-state index contributed by atoms with van der Waals surface area (Å²) in [5.41, 5.74) is 0. The number of imide groups is 2. The summed E-state index contributed by atoms with van der Waals surface area (Å²) in [6, 6.07) is -0.667. The van der Waals surface area contributed by atoms with E-state index in [4.69, 9.17) is 4.74 Å². The number of barbiturate groups is 1. The predicted octanol–water partition coefficient (Wildman–Crippen LogP) is -0.721. The predicted molar refractivity (Wildman–Crippen MR) is 63.8 cm³/mol. The lowest BCUT2D eigenvalue weighted by Gasteiger charge is -2.28. The fraction of sp³-hybridized carbons (Fsp3) is 0.727. The highest BCUT2D eigenvalue weighted by Crippen LogP contribution is 2.09. The minimum atomic E-state index is -0.815. The van der Waals surface area contributed by atoms with E-state index in [0.717, 1.165) is 11.4 Å². The molecule has 0 saturated carbocycles. The number of carbonyl (C=O) groups excluding carboxylic acids is 3. The molecule has 1 N–H and O–H groups in total. The summed E-state index contributed by atoms with van der Waals surface area (Å²) in [6.45, 7) is 3.22. The molecule has 7 nitrogen and oxygen atoms in total. The van der Waals surface area contributed by atoms with Gasteiger partial charge in [-0.15, -0.1) is 0 Å². The second-order valence-corrected chi connectivity index (χ2v) is 4.42. The van der Waals surface area contributed by atoms with E-state index in [1.54, 1.807) is 0 Å². The summed E-state index contributed by atoms with van der Waals surface area (Å²) in [5, 5.41) is 2.13. The molecule has 0 bridgehead atoms. The first-order chi connectivity index (χ1) is 8.43. The Labute approximate surface area is 106 Å². The number of urea groups is 1. The monoisotopic (exact) mass is 257 g/mol. The first kappa shape index (κ1) is 14.6. The molecule has 4 amide bonds. The molecule has 7 heteroatoms. The van der Waals surface area contributed by atoms with E-state index in [1.165, 1.54) is 6.92 Å². The Morgan fingerprint density at radius 1 is 1.28 bits per heavy atom. The number of amides is 4. The van der Waals surface area contributed by atoms with Gasteiger partial charge in [-0.2, -0.15) is 0 Å². The zero-order valence-electron chi connectivity index (χ0n) is 10.9. The number of hydrogen-bond donors (Lipinski definition) is 1. The van der Waals surface area contributed by atoms with Gasteiger partial charge >= 0.3 is 6.03 Å². The summed E-state index contributed by atoms with van der Waals surface area (Å²) in [7, 11) is 3.86. The molecule has 0 spiro atoms. The third kappa shape index (κ3) is 3.78. The van der Waals surface area contributed by atoms with Crippen LogP contribution in [-0.4, -0.2) is 68.0 Å². The largest absolute Gasteiger partial charge is 0.378 e. The van der Waals surface area contributed by atoms with Crippen LogP contribution in [0.3, 0.4) is 0 Å². The Hall–Kier alpha value is -1.47. The van der Waals surface area contributed by atoms with E-state index in [9.17, 15) is 14.4 Å². The van der Waals surface area contributed by atoms with Gasteiger partial charge in [0.2, 0.25) is 11.8 Å². The first-order valence-corrected chi connectivity index (χ1v) is 5.82. The molecule has 1 atom stereocenters. The molecule has 1 rings (SSSR count). The molecular weight excluding hydrogens is 238 g/mol. The SMILES string of the molecule is CC1C(=O)NC(=O)N(CCOCCN(C)C)C1=O. The van der Waals surface area contributed by atoms with Gasteiger partial charge in [0, 0.05) is 6.54 Å². The average molecular weight is 257 g/mol. The van der Waals surface area contributed by atoms with Crippen LogP contribution in [0.4, 0.5) is 4.79 Å². The van der Waals surface area contributed by atoms with Gasteiger partial charge in [0.25, 0.3) is 0 Å². The second-order valence-electron chi connectivity index (χ2n) is 4.42. The molecule has 0 aliphatic carbocycles. The third-order valence-corrected chi connectivity index (χ3v) is 2.65. The lowest BCUT2D eigenvalue weighted by molar-refractivity contribution is -0.142. The van der Waals surface area contributed by atoms with Crippen LogP contribution in [0, 0.1) is 5.92 Å². The summed E-state index contributed by atoms with van der Waals surface area (Å²) in [5.74, 6) is -1.83. The lowest BCUT2D eigenvalue weighted by atomic mass is 10.1. The minimum absolute atomic E-state index is 0.162. The highest BCUT2D eigenvalue weighted by Gasteiger charge is 2.36. The number of likely N-dealkylation sites (N-methyl/N-ethyl adjacent to an activating group) is 1. The quantitative estimate of drug-likeness (QED) is 0.502. The maximum absolute atomic E-state index is 11.7. The highest BCUT2D eigenvalue weighted by atomic mass is 16.5. The molecule has 1 aliphatic rings. The van der Waals surface area contributed by atoms with E-state index in [0.29, 0.717) is 6.61 Å². The number of hydrogen-bond acceptors (Lipinski definition) is 5. The third-order valence-electron chi connectivity index (χ3n) is 2.65. The van der Waals surface area contributed by atoms with Crippen molar-refractivity contribution in [2.75, 3.05) is 40.4 Å². The van der Waals surface area contributed by atoms with Gasteiger partial charge in [-0.05, 0) is 21.0 Å². The van der Waals surface area contributed by atoms with Crippen LogP contribution in [0.15, 0.2) is 0 Å². The van der Waals surface area contributed by atoms with Gasteiger partial charge in [0.1, 0.15) is 5.92 Å². The molecule has 0 aromatic heterocycles. The molecule has 1 heterocycles. The van der Waals surface area contributed by atoms with Crippen LogP contribution in [0.2, 0.25) is 0 Å². The Morgan fingerprint density at radius 2 is 1.94 bits per heavy atom. The van der Waals surface area contributed by atoms with Crippen molar-refractivity contribution in [3.63, 3.8) is 0 Å². The Bertz CT molecular complexity index is 343. The van der Waals surface area contributed by atoms with Crippen LogP contribution in [0.5, 0.6) is 0 Å². The van der Waals surface area contributed by atoms with Gasteiger partial charge in [0.05, 0.1) is 19.8 Å². The minimum Gasteiger partial charge on any atom is -0.378 e. The number of carbonyl (C=O) groups is 3. The standard InChI is InChI=1S/C11H19N3O4/c1-8-9(15)12-11(17)14(10(8)16)5-7-18-6-4-13(2)3/h8H,4-7H2,1-3H3,(H,12,15,17). The fourth-order valence-corrected chi connectivity index (χ4v) is 1.44. The van der Waals surface area contributed by atoms with Gasteiger partial charge in [-0.25, -0.2) is 4.79 Å². The van der Waals surface area contributed by atoms with Crippen molar-refractivity contribution >= 4 is 17.8 Å². The van der Waals surface area contributed by atoms with Crippen molar-refractivity contribution < 1.29 is 19.1 Å². The first-order valence-electron chi connectivity index (χ1n) is 5.82. The molecule has 18 heavy (non-hydrogen) atoms. The smallest absolute Gasteiger partial charge is 0.330 e. The molecule has 1 unspecified atom stereocenters. The van der Waals surface area contributed by atoms with Crippen molar-refractivity contribution in [3.05, 3.63) is 0 Å². The molecule has 0 aromatic carbocycles. The molecule has 1 fully saturated rings. The van der Waals surface area contributed by atoms with Gasteiger partial charge in [-0.1, -0.05) is 0 Å². The maximum atomic E-state index is 11.7. The molecule has 1 aliphatic heterocycles. The van der Waals surface area contributed by atoms with Crippen molar-refractivity contribution in [3.8, 4) is 0 Å². The lowest BCUT2D eigenvalue weighted by Crippen LogP contribution is -2.57. The van der Waals surface area contributed by atoms with Crippen LogP contribution in [0.1, 0.15) is 6.92 Å². The Morgan fingerprint density at radius 3 is 2.56 bits per heavy atom. The van der Waals surface area contributed by atoms with Gasteiger partial charge in [0.15, 0.2) is 0 Å². The summed E-state index contributed by atoms with van der Waals surface area (Å²) < 4.78 is 5.31. The highest BCUT2D eigenvalue weighted by molar-refractivity contribution is 6.15. The summed E-state index contributed by atoms with van der Waals surface area (Å²) >= 11 is 0. The van der Waals surface area contributed by atoms with Gasteiger partial charge < -0.3 is 9.64 Å². The van der Waals surface area contributed by atoms with Crippen molar-refractivity contribution in [1.82, 2.24) is 15.1 Å². The van der Waals surface area contributed by atoms with Crippen molar-refractivity contribution in [2.24, 2.45) is 5.92 Å². The van der Waals surface area contributed by atoms with Crippen LogP contribution < -0.4 is 5.32 Å².